The molecule has 2 atom stereocenters. The molecule has 4 aliphatic rings. The molecule has 29 heavy (non-hydrogen) atoms. The van der Waals surface area contributed by atoms with Crippen molar-refractivity contribution in [2.24, 2.45) is 33.0 Å². The summed E-state index contributed by atoms with van der Waals surface area (Å²) in [7, 11) is 0. The van der Waals surface area contributed by atoms with Gasteiger partial charge in [0.1, 0.15) is 16.6 Å². The van der Waals surface area contributed by atoms with Crippen LogP contribution in [0.25, 0.3) is 0 Å². The van der Waals surface area contributed by atoms with Gasteiger partial charge in [-0.3, -0.25) is 9.98 Å². The number of hydrogen-bond acceptors (Lipinski definition) is 7. The van der Waals surface area contributed by atoms with E-state index in [0.717, 1.165) is 54.7 Å². The topological polar surface area (TPSA) is 79.8 Å². The summed E-state index contributed by atoms with van der Waals surface area (Å²) >= 11 is 1.69. The third-order valence-electron chi connectivity index (χ3n) is 6.35. The number of piperidine rings is 1. The first-order chi connectivity index (χ1) is 14.1. The smallest absolute Gasteiger partial charge is 0.147 e. The number of aromatic nitrogens is 2. The third kappa shape index (κ3) is 3.69. The summed E-state index contributed by atoms with van der Waals surface area (Å²) in [5.41, 5.74) is 8.11. The van der Waals surface area contributed by atoms with Crippen LogP contribution in [-0.2, 0) is 6.54 Å². The van der Waals surface area contributed by atoms with Crippen LogP contribution in [0, 0.1) is 17.3 Å². The standard InChI is InChI=1S/C22H26N6S/c1-22(14-23)5-8-28(9-6-22)19-13-25-20-18(27-19)12-26-21(20)29-17-3-2-16-11-24-7-4-15(16)10-17/h2-4,7,10-11,13,15-16H,5-6,8-9,12,14,23H2,1H3. The van der Waals surface area contributed by atoms with Gasteiger partial charge in [-0.15, -0.1) is 0 Å². The lowest BCUT2D eigenvalue weighted by atomic mass is 9.80. The van der Waals surface area contributed by atoms with Crippen LogP contribution < -0.4 is 10.6 Å². The Morgan fingerprint density at radius 2 is 2.10 bits per heavy atom. The molecule has 0 spiro atoms. The average Bonchev–Trinajstić information content (AvgIpc) is 3.16. The quantitative estimate of drug-likeness (QED) is 0.833. The van der Waals surface area contributed by atoms with Crippen LogP contribution in [0.1, 0.15) is 31.2 Å². The Labute approximate surface area is 175 Å². The summed E-state index contributed by atoms with van der Waals surface area (Å²) < 4.78 is 0. The Bertz CT molecular complexity index is 952. The van der Waals surface area contributed by atoms with Crippen molar-refractivity contribution in [2.45, 2.75) is 26.3 Å². The molecule has 5 rings (SSSR count). The second-order valence-electron chi connectivity index (χ2n) is 8.47. The Balaban J connectivity index is 1.28. The molecule has 1 aromatic rings. The van der Waals surface area contributed by atoms with Gasteiger partial charge in [-0.2, -0.15) is 0 Å². The molecule has 1 saturated heterocycles. The van der Waals surface area contributed by atoms with E-state index in [4.69, 9.17) is 20.7 Å². The number of fused-ring (bicyclic) bond motifs is 2. The van der Waals surface area contributed by atoms with E-state index in [2.05, 4.69) is 41.1 Å². The maximum atomic E-state index is 5.94. The molecule has 0 saturated carbocycles. The summed E-state index contributed by atoms with van der Waals surface area (Å²) in [6.07, 6.45) is 16.8. The van der Waals surface area contributed by atoms with Gasteiger partial charge in [-0.25, -0.2) is 9.97 Å². The van der Waals surface area contributed by atoms with Crippen molar-refractivity contribution in [1.29, 1.82) is 0 Å². The van der Waals surface area contributed by atoms with E-state index in [0.29, 0.717) is 18.4 Å². The van der Waals surface area contributed by atoms with E-state index in [1.54, 1.807) is 11.8 Å². The van der Waals surface area contributed by atoms with Gasteiger partial charge >= 0.3 is 0 Å². The van der Waals surface area contributed by atoms with Crippen molar-refractivity contribution in [3.63, 3.8) is 0 Å². The minimum atomic E-state index is 0.257. The molecule has 2 N–H and O–H groups in total. The lowest BCUT2D eigenvalue weighted by Crippen LogP contribution is -2.42. The number of hydrogen-bond donors (Lipinski definition) is 1. The predicted molar refractivity (Wildman–Crippen MR) is 120 cm³/mol. The predicted octanol–water partition coefficient (Wildman–Crippen LogP) is 3.32. The van der Waals surface area contributed by atoms with Gasteiger partial charge in [0.15, 0.2) is 0 Å². The summed E-state index contributed by atoms with van der Waals surface area (Å²) in [5.74, 6) is 1.72. The SMILES string of the molecule is CC1(CN)CCN(c2cnc3c(n2)CN=C3SC2=CC3C=CN=CC3C=C2)CC1. The second-order valence-corrected chi connectivity index (χ2v) is 9.53. The number of allylic oxidation sites excluding steroid dienone is 4. The van der Waals surface area contributed by atoms with Crippen LogP contribution in [0.5, 0.6) is 0 Å². The van der Waals surface area contributed by atoms with E-state index in [1.807, 2.05) is 18.6 Å². The van der Waals surface area contributed by atoms with Gasteiger partial charge in [-0.1, -0.05) is 43.0 Å². The van der Waals surface area contributed by atoms with Crippen LogP contribution >= 0.6 is 11.8 Å². The number of rotatable bonds is 3. The van der Waals surface area contributed by atoms with Gasteiger partial charge in [0.25, 0.3) is 0 Å². The zero-order valence-corrected chi connectivity index (χ0v) is 17.5. The van der Waals surface area contributed by atoms with Crippen molar-refractivity contribution in [3.8, 4) is 0 Å². The van der Waals surface area contributed by atoms with E-state index in [1.165, 1.54) is 4.91 Å². The number of nitrogens with two attached hydrogens (primary N) is 1. The largest absolute Gasteiger partial charge is 0.355 e. The number of nitrogens with zero attached hydrogens (tertiary/aromatic N) is 5. The van der Waals surface area contributed by atoms with Gasteiger partial charge in [-0.05, 0) is 24.8 Å². The Morgan fingerprint density at radius 1 is 1.24 bits per heavy atom. The molecule has 0 bridgehead atoms. The van der Waals surface area contributed by atoms with Gasteiger partial charge in [0.05, 0.1) is 18.4 Å². The molecule has 1 aliphatic carbocycles. The fourth-order valence-corrected chi connectivity index (χ4v) is 5.13. The molecule has 2 unspecified atom stereocenters. The van der Waals surface area contributed by atoms with Crippen molar-refractivity contribution in [2.75, 3.05) is 24.5 Å². The molecule has 3 aliphatic heterocycles. The van der Waals surface area contributed by atoms with Crippen molar-refractivity contribution >= 4 is 28.8 Å². The molecule has 1 fully saturated rings. The Hall–Kier alpha value is -2.25. The van der Waals surface area contributed by atoms with E-state index in [-0.39, 0.29) is 5.41 Å². The number of thioether (sulfide) groups is 1. The molecule has 1 aromatic heterocycles. The molecule has 0 radical (unpaired) electrons. The van der Waals surface area contributed by atoms with Crippen molar-refractivity contribution in [3.05, 3.63) is 53.0 Å². The zero-order valence-electron chi connectivity index (χ0n) is 16.7. The van der Waals surface area contributed by atoms with E-state index >= 15 is 0 Å². The van der Waals surface area contributed by atoms with Crippen LogP contribution in [0.2, 0.25) is 0 Å². The molecule has 0 aromatic carbocycles. The lowest BCUT2D eigenvalue weighted by molar-refractivity contribution is 0.258. The highest BCUT2D eigenvalue weighted by Gasteiger charge is 2.30. The molecule has 150 valence electrons. The third-order valence-corrected chi connectivity index (χ3v) is 7.37. The molecular formula is C22H26N6S. The summed E-state index contributed by atoms with van der Waals surface area (Å²) in [4.78, 5) is 22.2. The van der Waals surface area contributed by atoms with Crippen LogP contribution in [0.4, 0.5) is 5.82 Å². The molecular weight excluding hydrogens is 380 g/mol. The molecule has 0 amide bonds. The highest BCUT2D eigenvalue weighted by Crippen LogP contribution is 2.35. The average molecular weight is 407 g/mol. The molecule has 4 heterocycles. The van der Waals surface area contributed by atoms with Crippen LogP contribution in [0.15, 0.2) is 51.6 Å². The summed E-state index contributed by atoms with van der Waals surface area (Å²) in [6, 6.07) is 0. The van der Waals surface area contributed by atoms with Crippen molar-refractivity contribution < 1.29 is 0 Å². The van der Waals surface area contributed by atoms with Crippen LogP contribution in [0.3, 0.4) is 0 Å². The highest BCUT2D eigenvalue weighted by molar-refractivity contribution is 8.17. The van der Waals surface area contributed by atoms with Crippen molar-refractivity contribution in [1.82, 2.24) is 9.97 Å². The monoisotopic (exact) mass is 406 g/mol. The Morgan fingerprint density at radius 3 is 2.93 bits per heavy atom. The number of anilines is 1. The second kappa shape index (κ2) is 7.54. The fraction of sp³-hybridized carbons (Fsp3) is 0.455. The highest BCUT2D eigenvalue weighted by atomic mass is 32.2. The minimum absolute atomic E-state index is 0.257. The van der Waals surface area contributed by atoms with Gasteiger partial charge in [0.2, 0.25) is 0 Å². The van der Waals surface area contributed by atoms with E-state index in [9.17, 15) is 0 Å². The first-order valence-corrected chi connectivity index (χ1v) is 11.1. The first kappa shape index (κ1) is 18.8. The Kier molecular flexibility index (Phi) is 4.87. The normalized spacial score (nSPS) is 26.8. The molecule has 6 nitrogen and oxygen atoms in total. The summed E-state index contributed by atoms with van der Waals surface area (Å²) in [6.45, 7) is 5.62. The zero-order chi connectivity index (χ0) is 19.8. The lowest BCUT2D eigenvalue weighted by Gasteiger charge is -2.39. The maximum absolute atomic E-state index is 5.94. The van der Waals surface area contributed by atoms with Gasteiger partial charge in [0, 0.05) is 42.2 Å². The number of aliphatic imine (C=N–C) groups is 2. The van der Waals surface area contributed by atoms with Crippen LogP contribution in [-0.4, -0.2) is 40.9 Å². The van der Waals surface area contributed by atoms with Gasteiger partial charge < -0.3 is 10.6 Å². The minimum Gasteiger partial charge on any atom is -0.355 e. The first-order valence-electron chi connectivity index (χ1n) is 10.3. The fourth-order valence-electron chi connectivity index (χ4n) is 4.14. The summed E-state index contributed by atoms with van der Waals surface area (Å²) in [5, 5.41) is 0.969. The maximum Gasteiger partial charge on any atom is 0.147 e. The van der Waals surface area contributed by atoms with E-state index < -0.39 is 0 Å². The molecule has 7 heteroatoms.